The summed E-state index contributed by atoms with van der Waals surface area (Å²) in [5.41, 5.74) is 1.83. The Morgan fingerprint density at radius 3 is 2.44 bits per heavy atom. The van der Waals surface area contributed by atoms with Crippen molar-refractivity contribution in [2.45, 2.75) is 6.61 Å². The molecular formula is C21H15F2NO3. The van der Waals surface area contributed by atoms with E-state index < -0.39 is 17.6 Å². The zero-order valence-electron chi connectivity index (χ0n) is 14.1. The van der Waals surface area contributed by atoms with Crippen molar-refractivity contribution in [2.24, 2.45) is 0 Å². The van der Waals surface area contributed by atoms with Crippen LogP contribution in [0.1, 0.15) is 27.2 Å². The second kappa shape index (κ2) is 8.23. The minimum absolute atomic E-state index is 0.0189. The number of carbonyl (C=O) groups is 1. The average molecular weight is 367 g/mol. The van der Waals surface area contributed by atoms with Crippen LogP contribution in [0.5, 0.6) is 5.75 Å². The molecule has 0 saturated heterocycles. The number of para-hydroxylation sites is 1. The molecule has 0 unspecified atom stereocenters. The smallest absolute Gasteiger partial charge is 0.337 e. The number of benzene rings is 2. The van der Waals surface area contributed by atoms with Crippen LogP contribution in [0, 0.1) is 11.6 Å². The van der Waals surface area contributed by atoms with Crippen LogP contribution in [0.2, 0.25) is 0 Å². The number of carboxylic acids is 1. The summed E-state index contributed by atoms with van der Waals surface area (Å²) in [5, 5.41) is 8.89. The first-order chi connectivity index (χ1) is 13.0. The van der Waals surface area contributed by atoms with E-state index in [0.717, 1.165) is 11.6 Å². The minimum Gasteiger partial charge on any atom is -0.488 e. The number of pyridine rings is 1. The predicted octanol–water partition coefficient (Wildman–Crippen LogP) is 4.81. The summed E-state index contributed by atoms with van der Waals surface area (Å²) < 4.78 is 32.2. The molecule has 0 aliphatic rings. The van der Waals surface area contributed by atoms with Gasteiger partial charge >= 0.3 is 5.97 Å². The highest BCUT2D eigenvalue weighted by atomic mass is 19.1. The van der Waals surface area contributed by atoms with Gasteiger partial charge in [0.25, 0.3) is 0 Å². The third kappa shape index (κ3) is 4.98. The zero-order chi connectivity index (χ0) is 19.2. The normalized spacial score (nSPS) is 10.9. The third-order valence-electron chi connectivity index (χ3n) is 3.70. The van der Waals surface area contributed by atoms with Gasteiger partial charge in [-0.3, -0.25) is 4.98 Å². The largest absolute Gasteiger partial charge is 0.488 e. The van der Waals surface area contributed by atoms with E-state index in [4.69, 9.17) is 9.84 Å². The van der Waals surface area contributed by atoms with Crippen LogP contribution in [0.15, 0.2) is 60.8 Å². The van der Waals surface area contributed by atoms with Crippen molar-refractivity contribution in [2.75, 3.05) is 0 Å². The van der Waals surface area contributed by atoms with Crippen molar-refractivity contribution < 1.29 is 23.4 Å². The topological polar surface area (TPSA) is 59.4 Å². The van der Waals surface area contributed by atoms with Crippen LogP contribution in [0.3, 0.4) is 0 Å². The summed E-state index contributed by atoms with van der Waals surface area (Å²) in [4.78, 5) is 14.9. The molecular weight excluding hydrogens is 352 g/mol. The molecule has 136 valence electrons. The van der Waals surface area contributed by atoms with Gasteiger partial charge in [0, 0.05) is 17.8 Å². The molecule has 0 spiro atoms. The summed E-state index contributed by atoms with van der Waals surface area (Å²) in [5.74, 6) is -1.80. The second-order valence-electron chi connectivity index (χ2n) is 5.71. The number of hydrogen-bond donors (Lipinski definition) is 1. The van der Waals surface area contributed by atoms with E-state index in [1.165, 1.54) is 24.4 Å². The van der Waals surface area contributed by atoms with Crippen LogP contribution in [-0.2, 0) is 6.61 Å². The molecule has 0 saturated carbocycles. The zero-order valence-corrected chi connectivity index (χ0v) is 14.1. The van der Waals surface area contributed by atoms with Gasteiger partial charge in [-0.2, -0.15) is 0 Å². The quantitative estimate of drug-likeness (QED) is 0.679. The molecule has 0 aliphatic carbocycles. The number of aromatic carboxylic acids is 1. The molecule has 3 rings (SSSR count). The van der Waals surface area contributed by atoms with Gasteiger partial charge in [0.2, 0.25) is 0 Å². The van der Waals surface area contributed by atoms with Gasteiger partial charge in [0.05, 0.1) is 11.3 Å². The van der Waals surface area contributed by atoms with Crippen molar-refractivity contribution in [3.05, 3.63) is 94.8 Å². The van der Waals surface area contributed by atoms with Crippen LogP contribution < -0.4 is 4.74 Å². The number of rotatable bonds is 6. The van der Waals surface area contributed by atoms with E-state index in [1.54, 1.807) is 30.4 Å². The van der Waals surface area contributed by atoms with Crippen LogP contribution in [0.25, 0.3) is 12.2 Å². The lowest BCUT2D eigenvalue weighted by Crippen LogP contribution is -1.98. The van der Waals surface area contributed by atoms with Gasteiger partial charge in [0.1, 0.15) is 24.0 Å². The summed E-state index contributed by atoms with van der Waals surface area (Å²) in [7, 11) is 0. The Bertz CT molecular complexity index is 965. The highest BCUT2D eigenvalue weighted by Gasteiger charge is 2.05. The van der Waals surface area contributed by atoms with E-state index in [0.29, 0.717) is 17.0 Å². The molecule has 0 bridgehead atoms. The molecule has 1 heterocycles. The number of nitrogens with zero attached hydrogens (tertiary/aromatic N) is 1. The molecule has 2 aromatic carbocycles. The minimum atomic E-state index is -1.04. The SMILES string of the molecule is O=C(O)c1ccc(/C=C/c2ccccc2OCc2cc(F)cc(F)c2)nc1. The lowest BCUT2D eigenvalue weighted by Gasteiger charge is -2.09. The molecule has 4 nitrogen and oxygen atoms in total. The molecule has 1 N–H and O–H groups in total. The van der Waals surface area contributed by atoms with Gasteiger partial charge in [0.15, 0.2) is 0 Å². The fourth-order valence-corrected chi connectivity index (χ4v) is 2.41. The maximum atomic E-state index is 13.3. The summed E-state index contributed by atoms with van der Waals surface area (Å²) in [6, 6.07) is 13.5. The number of aromatic nitrogens is 1. The molecule has 0 amide bonds. The second-order valence-corrected chi connectivity index (χ2v) is 5.71. The van der Waals surface area contributed by atoms with Crippen LogP contribution in [0.4, 0.5) is 8.78 Å². The molecule has 27 heavy (non-hydrogen) atoms. The lowest BCUT2D eigenvalue weighted by atomic mass is 10.1. The van der Waals surface area contributed by atoms with E-state index in [9.17, 15) is 13.6 Å². The lowest BCUT2D eigenvalue weighted by molar-refractivity contribution is 0.0696. The monoisotopic (exact) mass is 367 g/mol. The first-order valence-electron chi connectivity index (χ1n) is 8.05. The first-order valence-corrected chi connectivity index (χ1v) is 8.05. The van der Waals surface area contributed by atoms with Gasteiger partial charge in [-0.05, 0) is 48.0 Å². The van der Waals surface area contributed by atoms with Gasteiger partial charge in [-0.1, -0.05) is 18.2 Å². The van der Waals surface area contributed by atoms with Gasteiger partial charge in [-0.25, -0.2) is 13.6 Å². The maximum Gasteiger partial charge on any atom is 0.337 e. The molecule has 3 aromatic rings. The Morgan fingerprint density at radius 2 is 1.78 bits per heavy atom. The third-order valence-corrected chi connectivity index (χ3v) is 3.70. The molecule has 0 fully saturated rings. The molecule has 1 aromatic heterocycles. The summed E-state index contributed by atoms with van der Waals surface area (Å²) in [6.45, 7) is 0.0189. The van der Waals surface area contributed by atoms with E-state index in [2.05, 4.69) is 4.98 Å². The Morgan fingerprint density at radius 1 is 1.04 bits per heavy atom. The molecule has 6 heteroatoms. The number of halogens is 2. The fraction of sp³-hybridized carbons (Fsp3) is 0.0476. The molecule has 0 aliphatic heterocycles. The fourth-order valence-electron chi connectivity index (χ4n) is 2.41. The maximum absolute atomic E-state index is 13.3. The Balaban J connectivity index is 1.74. The number of ether oxygens (including phenoxy) is 1. The van der Waals surface area contributed by atoms with E-state index in [-0.39, 0.29) is 12.2 Å². The first kappa shape index (κ1) is 18.3. The van der Waals surface area contributed by atoms with Gasteiger partial charge in [-0.15, -0.1) is 0 Å². The number of carboxylic acid groups (broad SMARTS) is 1. The Hall–Kier alpha value is -3.54. The highest BCUT2D eigenvalue weighted by Crippen LogP contribution is 2.22. The average Bonchev–Trinajstić information content (AvgIpc) is 2.65. The van der Waals surface area contributed by atoms with Crippen molar-refractivity contribution in [1.29, 1.82) is 0 Å². The molecule has 0 atom stereocenters. The van der Waals surface area contributed by atoms with Crippen molar-refractivity contribution >= 4 is 18.1 Å². The Kier molecular flexibility index (Phi) is 5.56. The van der Waals surface area contributed by atoms with Crippen LogP contribution in [-0.4, -0.2) is 16.1 Å². The van der Waals surface area contributed by atoms with E-state index >= 15 is 0 Å². The van der Waals surface area contributed by atoms with Crippen molar-refractivity contribution in [3.8, 4) is 5.75 Å². The van der Waals surface area contributed by atoms with Crippen LogP contribution >= 0.6 is 0 Å². The number of hydrogen-bond acceptors (Lipinski definition) is 3. The Labute approximate surface area is 154 Å². The predicted molar refractivity (Wildman–Crippen MR) is 97.3 cm³/mol. The highest BCUT2D eigenvalue weighted by molar-refractivity contribution is 5.87. The summed E-state index contributed by atoms with van der Waals surface area (Å²) in [6.07, 6.45) is 4.77. The van der Waals surface area contributed by atoms with Crippen molar-refractivity contribution in [3.63, 3.8) is 0 Å². The standard InChI is InChI=1S/C21H15F2NO3/c22-17-9-14(10-18(23)11-17)13-27-20-4-2-1-3-15(20)5-7-19-8-6-16(12-24-19)21(25)26/h1-12H,13H2,(H,25,26)/b7-5+. The summed E-state index contributed by atoms with van der Waals surface area (Å²) >= 11 is 0. The van der Waals surface area contributed by atoms with E-state index in [1.807, 2.05) is 12.1 Å². The van der Waals surface area contributed by atoms with Gasteiger partial charge < -0.3 is 9.84 Å². The van der Waals surface area contributed by atoms with Crippen molar-refractivity contribution in [1.82, 2.24) is 4.98 Å². The molecule has 0 radical (unpaired) electrons.